The predicted molar refractivity (Wildman–Crippen MR) is 93.9 cm³/mol. The van der Waals surface area contributed by atoms with Gasteiger partial charge in [-0.1, -0.05) is 19.3 Å². The second-order valence-corrected chi connectivity index (χ2v) is 7.26. The van der Waals surface area contributed by atoms with Gasteiger partial charge in [-0.25, -0.2) is 4.79 Å². The van der Waals surface area contributed by atoms with Crippen LogP contribution in [0.2, 0.25) is 0 Å². The Morgan fingerprint density at radius 3 is 2.83 bits per heavy atom. The molecule has 5 nitrogen and oxygen atoms in total. The molecule has 1 aromatic rings. The van der Waals surface area contributed by atoms with Crippen molar-refractivity contribution < 1.29 is 9.53 Å². The highest BCUT2D eigenvalue weighted by Gasteiger charge is 2.39. The largest absolute Gasteiger partial charge is 0.375 e. The summed E-state index contributed by atoms with van der Waals surface area (Å²) in [6.07, 6.45) is 12.5. The lowest BCUT2D eigenvalue weighted by Gasteiger charge is -2.43. The molecule has 0 radical (unpaired) electrons. The summed E-state index contributed by atoms with van der Waals surface area (Å²) in [7, 11) is 1.87. The van der Waals surface area contributed by atoms with Crippen LogP contribution >= 0.6 is 0 Å². The second kappa shape index (κ2) is 7.97. The molecule has 2 amide bonds. The smallest absolute Gasteiger partial charge is 0.317 e. The van der Waals surface area contributed by atoms with Crippen LogP contribution in [0.3, 0.4) is 0 Å². The lowest BCUT2D eigenvalue weighted by molar-refractivity contribution is -0.108. The first-order valence-electron chi connectivity index (χ1n) is 9.21. The summed E-state index contributed by atoms with van der Waals surface area (Å²) in [5.41, 5.74) is 1.24. The highest BCUT2D eigenvalue weighted by Crippen LogP contribution is 2.38. The summed E-state index contributed by atoms with van der Waals surface area (Å²) in [6.45, 7) is 1.48. The second-order valence-electron chi connectivity index (χ2n) is 7.26. The van der Waals surface area contributed by atoms with Crippen LogP contribution in [0.1, 0.15) is 50.5 Å². The first-order chi connectivity index (χ1) is 11.7. The van der Waals surface area contributed by atoms with E-state index in [-0.39, 0.29) is 17.7 Å². The Balaban J connectivity index is 1.46. The number of nitrogens with one attached hydrogen (secondary N) is 1. The van der Waals surface area contributed by atoms with Gasteiger partial charge in [0.2, 0.25) is 0 Å². The molecule has 1 saturated heterocycles. The van der Waals surface area contributed by atoms with E-state index >= 15 is 0 Å². The van der Waals surface area contributed by atoms with Gasteiger partial charge in [0.05, 0.1) is 5.60 Å². The van der Waals surface area contributed by atoms with Gasteiger partial charge in [0, 0.05) is 38.6 Å². The SMILES string of the molecule is CN(CCc1ccncc1)C(=O)N[C@H]1CCOC2(CCCCC2)C1. The van der Waals surface area contributed by atoms with Gasteiger partial charge in [-0.15, -0.1) is 0 Å². The Hall–Kier alpha value is -1.62. The number of hydrogen-bond donors (Lipinski definition) is 1. The number of urea groups is 1. The van der Waals surface area contributed by atoms with Gasteiger partial charge >= 0.3 is 6.03 Å². The van der Waals surface area contributed by atoms with Crippen molar-refractivity contribution in [2.45, 2.75) is 63.0 Å². The molecule has 132 valence electrons. The summed E-state index contributed by atoms with van der Waals surface area (Å²) in [6, 6.07) is 4.27. The maximum absolute atomic E-state index is 12.5. The van der Waals surface area contributed by atoms with Crippen molar-refractivity contribution in [3.63, 3.8) is 0 Å². The van der Waals surface area contributed by atoms with Gasteiger partial charge in [-0.3, -0.25) is 4.98 Å². The number of carbonyl (C=O) groups excluding carboxylic acids is 1. The molecular weight excluding hydrogens is 302 g/mol. The lowest BCUT2D eigenvalue weighted by Crippen LogP contribution is -2.51. The van der Waals surface area contributed by atoms with Crippen molar-refractivity contribution in [1.29, 1.82) is 0 Å². The van der Waals surface area contributed by atoms with E-state index in [0.717, 1.165) is 38.7 Å². The van der Waals surface area contributed by atoms with Crippen LogP contribution in [0.15, 0.2) is 24.5 Å². The number of hydrogen-bond acceptors (Lipinski definition) is 3. The molecule has 1 aromatic heterocycles. The minimum absolute atomic E-state index is 0.0296. The van der Waals surface area contributed by atoms with E-state index < -0.39 is 0 Å². The van der Waals surface area contributed by atoms with Crippen molar-refractivity contribution in [3.8, 4) is 0 Å². The number of aromatic nitrogens is 1. The topological polar surface area (TPSA) is 54.5 Å². The van der Waals surface area contributed by atoms with Crippen LogP contribution in [0.5, 0.6) is 0 Å². The Morgan fingerprint density at radius 1 is 1.33 bits per heavy atom. The molecule has 1 N–H and O–H groups in total. The van der Waals surface area contributed by atoms with Crippen LogP contribution in [0.4, 0.5) is 4.79 Å². The third kappa shape index (κ3) is 4.47. The Kier molecular flexibility index (Phi) is 5.72. The zero-order chi connectivity index (χ0) is 16.8. The van der Waals surface area contributed by atoms with Gasteiger partial charge in [0.1, 0.15) is 0 Å². The van der Waals surface area contributed by atoms with Gasteiger partial charge < -0.3 is 15.0 Å². The molecule has 2 fully saturated rings. The summed E-state index contributed by atoms with van der Waals surface area (Å²) < 4.78 is 6.11. The fraction of sp³-hybridized carbons (Fsp3) is 0.684. The normalized spacial score (nSPS) is 23.0. The van der Waals surface area contributed by atoms with Crippen LogP contribution < -0.4 is 5.32 Å². The maximum atomic E-state index is 12.5. The molecular formula is C19H29N3O2. The van der Waals surface area contributed by atoms with Crippen molar-refractivity contribution in [2.24, 2.45) is 0 Å². The highest BCUT2D eigenvalue weighted by atomic mass is 16.5. The third-order valence-corrected chi connectivity index (χ3v) is 5.42. The first-order valence-corrected chi connectivity index (χ1v) is 9.21. The summed E-state index contributed by atoms with van der Waals surface area (Å²) in [4.78, 5) is 18.3. The minimum atomic E-state index is 0.0296. The predicted octanol–water partition coefficient (Wildman–Crippen LogP) is 3.15. The number of nitrogens with zero attached hydrogens (tertiary/aromatic N) is 2. The molecule has 2 heterocycles. The standard InChI is InChI=1S/C19H29N3O2/c1-22(13-7-16-5-11-20-12-6-16)18(23)21-17-8-14-24-19(15-17)9-3-2-4-10-19/h5-6,11-12,17H,2-4,7-10,13-15H2,1H3,(H,21,23)/t17-/m0/s1. The van der Waals surface area contributed by atoms with Crippen LogP contribution in [0, 0.1) is 0 Å². The quantitative estimate of drug-likeness (QED) is 0.922. The van der Waals surface area contributed by atoms with Crippen molar-refractivity contribution in [3.05, 3.63) is 30.1 Å². The maximum Gasteiger partial charge on any atom is 0.317 e. The molecule has 1 aliphatic heterocycles. The molecule has 3 rings (SSSR count). The molecule has 1 saturated carbocycles. The van der Waals surface area contributed by atoms with E-state index in [0.29, 0.717) is 6.54 Å². The van der Waals surface area contributed by atoms with Crippen LogP contribution in [-0.2, 0) is 11.2 Å². The van der Waals surface area contributed by atoms with E-state index in [1.165, 1.54) is 24.8 Å². The summed E-state index contributed by atoms with van der Waals surface area (Å²) in [5, 5.41) is 3.22. The van der Waals surface area contributed by atoms with Crippen LogP contribution in [-0.4, -0.2) is 47.8 Å². The fourth-order valence-corrected chi connectivity index (χ4v) is 3.93. The average Bonchev–Trinajstić information content (AvgIpc) is 2.61. The van der Waals surface area contributed by atoms with E-state index in [2.05, 4.69) is 10.3 Å². The summed E-state index contributed by atoms with van der Waals surface area (Å²) in [5.74, 6) is 0. The molecule has 1 atom stereocenters. The Morgan fingerprint density at radius 2 is 2.08 bits per heavy atom. The summed E-state index contributed by atoms with van der Waals surface area (Å²) >= 11 is 0. The third-order valence-electron chi connectivity index (χ3n) is 5.42. The first kappa shape index (κ1) is 17.2. The number of amides is 2. The molecule has 0 bridgehead atoms. The van der Waals surface area contributed by atoms with E-state index in [4.69, 9.17) is 4.74 Å². The number of pyridine rings is 1. The molecule has 2 aliphatic rings. The number of carbonyl (C=O) groups is 1. The van der Waals surface area contributed by atoms with Crippen molar-refractivity contribution in [2.75, 3.05) is 20.2 Å². The number of rotatable bonds is 4. The molecule has 1 aliphatic carbocycles. The monoisotopic (exact) mass is 331 g/mol. The fourth-order valence-electron chi connectivity index (χ4n) is 3.93. The van der Waals surface area contributed by atoms with E-state index in [1.54, 1.807) is 17.3 Å². The molecule has 24 heavy (non-hydrogen) atoms. The molecule has 0 unspecified atom stereocenters. The lowest BCUT2D eigenvalue weighted by atomic mass is 9.78. The van der Waals surface area contributed by atoms with Crippen molar-refractivity contribution >= 4 is 6.03 Å². The van der Waals surface area contributed by atoms with Crippen molar-refractivity contribution in [1.82, 2.24) is 15.2 Å². The number of likely N-dealkylation sites (N-methyl/N-ethyl adjacent to an activating group) is 1. The highest BCUT2D eigenvalue weighted by molar-refractivity contribution is 5.74. The van der Waals surface area contributed by atoms with Gasteiger partial charge in [-0.2, -0.15) is 0 Å². The van der Waals surface area contributed by atoms with Crippen LogP contribution in [0.25, 0.3) is 0 Å². The average molecular weight is 331 g/mol. The zero-order valence-electron chi connectivity index (χ0n) is 14.7. The van der Waals surface area contributed by atoms with Gasteiger partial charge in [-0.05, 0) is 49.8 Å². The van der Waals surface area contributed by atoms with E-state index in [1.807, 2.05) is 19.2 Å². The van der Waals surface area contributed by atoms with Gasteiger partial charge in [0.25, 0.3) is 0 Å². The number of ether oxygens (including phenoxy) is 1. The Bertz CT molecular complexity index is 523. The zero-order valence-corrected chi connectivity index (χ0v) is 14.7. The molecule has 0 aromatic carbocycles. The minimum Gasteiger partial charge on any atom is -0.375 e. The van der Waals surface area contributed by atoms with Gasteiger partial charge in [0.15, 0.2) is 0 Å². The molecule has 1 spiro atoms. The Labute approximate surface area is 144 Å². The molecule has 5 heteroatoms. The van der Waals surface area contributed by atoms with E-state index in [9.17, 15) is 4.79 Å².